The number of hydrogen-bond donors (Lipinski definition) is 3. The number of nitrogens with zero attached hydrogens (tertiary/aromatic N) is 3. The third kappa shape index (κ3) is 6.47. The largest absolute Gasteiger partial charge is 0.491 e. The molecule has 3 heterocycles. The normalized spacial score (nSPS) is 20.8. The Morgan fingerprint density at radius 3 is 2.71 bits per heavy atom. The fourth-order valence-corrected chi connectivity index (χ4v) is 5.30. The highest BCUT2D eigenvalue weighted by atomic mass is 32.2. The predicted molar refractivity (Wildman–Crippen MR) is 132 cm³/mol. The lowest BCUT2D eigenvalue weighted by Crippen LogP contribution is -2.45. The maximum atomic E-state index is 11.9. The van der Waals surface area contributed by atoms with Crippen molar-refractivity contribution in [2.75, 3.05) is 44.8 Å². The monoisotopic (exact) mass is 505 g/mol. The van der Waals surface area contributed by atoms with Gasteiger partial charge >= 0.3 is 0 Å². The van der Waals surface area contributed by atoms with E-state index < -0.39 is 16.1 Å². The summed E-state index contributed by atoms with van der Waals surface area (Å²) in [5.74, 6) is 1.17. The number of nitrogens with one attached hydrogen (secondary N) is 2. The number of aryl methyl sites for hydroxylation is 1. The van der Waals surface area contributed by atoms with Gasteiger partial charge < -0.3 is 24.8 Å². The molecule has 0 amide bonds. The molecule has 3 N–H and O–H groups in total. The van der Waals surface area contributed by atoms with Gasteiger partial charge in [-0.1, -0.05) is 13.0 Å². The third-order valence-corrected chi connectivity index (χ3v) is 8.15. The standard InChI is InChI=1S/C24H35N5O5S/c1-3-18-13-27-23(28-14-18)29-9-7-24(8-10-29)12-19(16-34-24)26-15-20(30)17-33-21-5-4-6-22(11-21)35(31,32)25-2/h4-6,11,13-14,19-20,25-26,30H,3,7-10,12,15-17H2,1-2H3/t19-,20+/m1/s1. The summed E-state index contributed by atoms with van der Waals surface area (Å²) in [5.41, 5.74) is 0.996. The predicted octanol–water partition coefficient (Wildman–Crippen LogP) is 1.10. The topological polar surface area (TPSA) is 126 Å². The van der Waals surface area contributed by atoms with E-state index >= 15 is 0 Å². The Morgan fingerprint density at radius 2 is 2.03 bits per heavy atom. The van der Waals surface area contributed by atoms with Crippen LogP contribution in [0.3, 0.4) is 0 Å². The van der Waals surface area contributed by atoms with Crippen LogP contribution in [0.25, 0.3) is 0 Å². The van der Waals surface area contributed by atoms with E-state index in [2.05, 4.69) is 31.8 Å². The molecule has 4 rings (SSSR count). The fourth-order valence-electron chi connectivity index (χ4n) is 4.53. The van der Waals surface area contributed by atoms with Crippen molar-refractivity contribution in [2.24, 2.45) is 0 Å². The van der Waals surface area contributed by atoms with Crippen molar-refractivity contribution in [1.82, 2.24) is 20.0 Å². The van der Waals surface area contributed by atoms with Gasteiger partial charge in [0, 0.05) is 44.1 Å². The lowest BCUT2D eigenvalue weighted by molar-refractivity contribution is -0.0152. The third-order valence-electron chi connectivity index (χ3n) is 6.74. The molecule has 35 heavy (non-hydrogen) atoms. The highest BCUT2D eigenvalue weighted by Crippen LogP contribution is 2.36. The highest BCUT2D eigenvalue weighted by Gasteiger charge is 2.43. The van der Waals surface area contributed by atoms with Crippen molar-refractivity contribution in [2.45, 2.75) is 55.2 Å². The van der Waals surface area contributed by atoms with Gasteiger partial charge in [0.05, 0.1) is 17.1 Å². The molecule has 2 saturated heterocycles. The molecule has 2 aliphatic heterocycles. The SMILES string of the molecule is CCc1cnc(N2CCC3(CC2)C[C@@H](NC[C@H](O)COc2cccc(S(=O)(=O)NC)c2)CO3)nc1. The van der Waals surface area contributed by atoms with Crippen molar-refractivity contribution < 1.29 is 23.0 Å². The number of aliphatic hydroxyl groups is 1. The van der Waals surface area contributed by atoms with Gasteiger partial charge in [0.1, 0.15) is 18.5 Å². The molecule has 0 saturated carbocycles. The summed E-state index contributed by atoms with van der Waals surface area (Å²) in [7, 11) is -2.19. The number of aliphatic hydroxyl groups excluding tert-OH is 1. The van der Waals surface area contributed by atoms with Crippen LogP contribution in [-0.4, -0.2) is 81.1 Å². The van der Waals surface area contributed by atoms with Gasteiger partial charge in [-0.05, 0) is 50.4 Å². The van der Waals surface area contributed by atoms with E-state index in [1.165, 1.54) is 19.2 Å². The number of ether oxygens (including phenoxy) is 2. The van der Waals surface area contributed by atoms with E-state index in [-0.39, 0.29) is 23.1 Å². The Bertz CT molecular complexity index is 1070. The van der Waals surface area contributed by atoms with E-state index in [4.69, 9.17) is 9.47 Å². The summed E-state index contributed by atoms with van der Waals surface area (Å²) in [6.45, 7) is 4.84. The minimum absolute atomic E-state index is 0.0561. The van der Waals surface area contributed by atoms with Crippen LogP contribution in [0.5, 0.6) is 5.75 Å². The molecule has 2 aromatic rings. The van der Waals surface area contributed by atoms with Crippen LogP contribution < -0.4 is 19.7 Å². The zero-order valence-corrected chi connectivity index (χ0v) is 21.1. The zero-order chi connectivity index (χ0) is 24.9. The fraction of sp³-hybridized carbons (Fsp3) is 0.583. The van der Waals surface area contributed by atoms with E-state index in [0.29, 0.717) is 18.9 Å². The van der Waals surface area contributed by atoms with Gasteiger partial charge in [0.2, 0.25) is 16.0 Å². The number of benzene rings is 1. The van der Waals surface area contributed by atoms with Gasteiger partial charge in [-0.25, -0.2) is 23.1 Å². The van der Waals surface area contributed by atoms with Crippen LogP contribution in [0, 0.1) is 0 Å². The Labute approximate surface area is 207 Å². The summed E-state index contributed by atoms with van der Waals surface area (Å²) in [4.78, 5) is 11.3. The number of hydrogen-bond acceptors (Lipinski definition) is 9. The molecular weight excluding hydrogens is 470 g/mol. The molecule has 2 fully saturated rings. The first-order chi connectivity index (χ1) is 16.8. The minimum atomic E-state index is -3.55. The van der Waals surface area contributed by atoms with Crippen LogP contribution >= 0.6 is 0 Å². The Kier molecular flexibility index (Phi) is 8.23. The van der Waals surface area contributed by atoms with E-state index in [1.54, 1.807) is 12.1 Å². The summed E-state index contributed by atoms with van der Waals surface area (Å²) in [5, 5.41) is 13.8. The maximum Gasteiger partial charge on any atom is 0.240 e. The molecule has 1 aromatic heterocycles. The first-order valence-electron chi connectivity index (χ1n) is 12.1. The molecule has 1 aromatic carbocycles. The molecule has 2 atom stereocenters. The lowest BCUT2D eigenvalue weighted by Gasteiger charge is -2.38. The first kappa shape index (κ1) is 25.8. The molecule has 0 radical (unpaired) electrons. The van der Waals surface area contributed by atoms with Crippen molar-refractivity contribution in [1.29, 1.82) is 0 Å². The molecule has 11 heteroatoms. The number of aromatic nitrogens is 2. The van der Waals surface area contributed by atoms with Gasteiger partial charge in [0.15, 0.2) is 0 Å². The molecule has 2 aliphatic rings. The quantitative estimate of drug-likeness (QED) is 0.435. The van der Waals surface area contributed by atoms with Gasteiger partial charge in [0.25, 0.3) is 0 Å². The van der Waals surface area contributed by atoms with Crippen molar-refractivity contribution in [3.63, 3.8) is 0 Å². The highest BCUT2D eigenvalue weighted by molar-refractivity contribution is 7.89. The second-order valence-electron chi connectivity index (χ2n) is 9.18. The molecule has 0 bridgehead atoms. The van der Waals surface area contributed by atoms with Gasteiger partial charge in [-0.3, -0.25) is 0 Å². The van der Waals surface area contributed by atoms with Crippen molar-refractivity contribution >= 4 is 16.0 Å². The summed E-state index contributed by atoms with van der Waals surface area (Å²) >= 11 is 0. The second kappa shape index (κ2) is 11.2. The Balaban J connectivity index is 1.19. The summed E-state index contributed by atoms with van der Waals surface area (Å²) in [6.07, 6.45) is 6.72. The number of anilines is 1. The minimum Gasteiger partial charge on any atom is -0.491 e. The van der Waals surface area contributed by atoms with Crippen LogP contribution in [0.4, 0.5) is 5.95 Å². The molecule has 10 nitrogen and oxygen atoms in total. The molecule has 1 spiro atoms. The Morgan fingerprint density at radius 1 is 1.29 bits per heavy atom. The molecule has 0 aliphatic carbocycles. The molecule has 192 valence electrons. The number of piperidine rings is 1. The average molecular weight is 506 g/mol. The van der Waals surface area contributed by atoms with E-state index in [0.717, 1.165) is 50.3 Å². The van der Waals surface area contributed by atoms with E-state index in [1.807, 2.05) is 12.4 Å². The first-order valence-corrected chi connectivity index (χ1v) is 13.6. The smallest absolute Gasteiger partial charge is 0.240 e. The van der Waals surface area contributed by atoms with Crippen LogP contribution in [-0.2, 0) is 21.2 Å². The van der Waals surface area contributed by atoms with Gasteiger partial charge in [-0.2, -0.15) is 0 Å². The van der Waals surface area contributed by atoms with Crippen molar-refractivity contribution in [3.05, 3.63) is 42.2 Å². The maximum absolute atomic E-state index is 11.9. The van der Waals surface area contributed by atoms with Gasteiger partial charge in [-0.15, -0.1) is 0 Å². The van der Waals surface area contributed by atoms with Crippen LogP contribution in [0.1, 0.15) is 31.7 Å². The molecule has 0 unspecified atom stereocenters. The van der Waals surface area contributed by atoms with Crippen molar-refractivity contribution in [3.8, 4) is 5.75 Å². The van der Waals surface area contributed by atoms with E-state index in [9.17, 15) is 13.5 Å². The summed E-state index contributed by atoms with van der Waals surface area (Å²) in [6, 6.07) is 6.37. The lowest BCUT2D eigenvalue weighted by atomic mass is 9.87. The second-order valence-corrected chi connectivity index (χ2v) is 11.1. The Hall–Kier alpha value is -2.31. The van der Waals surface area contributed by atoms with Crippen LogP contribution in [0.2, 0.25) is 0 Å². The zero-order valence-electron chi connectivity index (χ0n) is 20.3. The molecular formula is C24H35N5O5S. The number of sulfonamides is 1. The van der Waals surface area contributed by atoms with Crippen LogP contribution in [0.15, 0.2) is 41.6 Å². The summed E-state index contributed by atoms with van der Waals surface area (Å²) < 4.78 is 38.0. The average Bonchev–Trinajstić information content (AvgIpc) is 3.29. The number of rotatable bonds is 10.